The molecule has 0 amide bonds. The Balaban J connectivity index is 2.35. The quantitative estimate of drug-likeness (QED) is 0.858. The molecule has 16 heavy (non-hydrogen) atoms. The van der Waals surface area contributed by atoms with Gasteiger partial charge in [0.1, 0.15) is 0 Å². The number of benzene rings is 1. The summed E-state index contributed by atoms with van der Waals surface area (Å²) >= 11 is 6.03. The first-order chi connectivity index (χ1) is 7.61. The van der Waals surface area contributed by atoms with Gasteiger partial charge in [0, 0.05) is 28.9 Å². The summed E-state index contributed by atoms with van der Waals surface area (Å²) in [4.78, 5) is 2.35. The summed E-state index contributed by atoms with van der Waals surface area (Å²) in [6.45, 7) is 5.61. The fraction of sp³-hybridized carbons (Fsp3) is 0.538. The van der Waals surface area contributed by atoms with Gasteiger partial charge in [-0.05, 0) is 31.4 Å². The highest BCUT2D eigenvalue weighted by atomic mass is 35.5. The fourth-order valence-corrected chi connectivity index (χ4v) is 2.74. The van der Waals surface area contributed by atoms with E-state index in [0.29, 0.717) is 12.0 Å². The van der Waals surface area contributed by atoms with E-state index in [1.54, 1.807) is 0 Å². The Morgan fingerprint density at radius 1 is 1.44 bits per heavy atom. The molecule has 1 aromatic rings. The molecule has 3 heteroatoms. The number of anilines is 1. The van der Waals surface area contributed by atoms with Crippen LogP contribution in [0.3, 0.4) is 0 Å². The Labute approximate surface area is 102 Å². The van der Waals surface area contributed by atoms with Crippen molar-refractivity contribution in [1.82, 2.24) is 0 Å². The molecule has 1 saturated heterocycles. The molecule has 1 aliphatic rings. The van der Waals surface area contributed by atoms with Crippen LogP contribution in [0.25, 0.3) is 0 Å². The van der Waals surface area contributed by atoms with Crippen molar-refractivity contribution < 1.29 is 5.11 Å². The van der Waals surface area contributed by atoms with Crippen LogP contribution in [0.4, 0.5) is 5.69 Å². The van der Waals surface area contributed by atoms with Gasteiger partial charge in [0.05, 0.1) is 6.61 Å². The van der Waals surface area contributed by atoms with E-state index in [4.69, 9.17) is 11.6 Å². The number of rotatable bonds is 2. The summed E-state index contributed by atoms with van der Waals surface area (Å²) in [5.41, 5.74) is 2.05. The summed E-state index contributed by atoms with van der Waals surface area (Å²) < 4.78 is 0. The maximum atomic E-state index is 9.35. The van der Waals surface area contributed by atoms with Crippen LogP contribution in [-0.2, 0) is 6.61 Å². The third kappa shape index (κ3) is 2.18. The van der Waals surface area contributed by atoms with E-state index in [-0.39, 0.29) is 6.61 Å². The second-order valence-corrected chi connectivity index (χ2v) is 5.21. The van der Waals surface area contributed by atoms with Gasteiger partial charge in [0.25, 0.3) is 0 Å². The normalized spacial score (nSPS) is 25.1. The Bertz CT molecular complexity index is 380. The zero-order chi connectivity index (χ0) is 11.7. The highest BCUT2D eigenvalue weighted by Crippen LogP contribution is 2.33. The van der Waals surface area contributed by atoms with Gasteiger partial charge in [-0.3, -0.25) is 0 Å². The number of aliphatic hydroxyl groups is 1. The van der Waals surface area contributed by atoms with Crippen LogP contribution in [0.1, 0.15) is 25.8 Å². The lowest BCUT2D eigenvalue weighted by Gasteiger charge is -2.26. The molecular formula is C13H18ClNO. The van der Waals surface area contributed by atoms with Crippen molar-refractivity contribution >= 4 is 17.3 Å². The minimum Gasteiger partial charge on any atom is -0.392 e. The predicted molar refractivity (Wildman–Crippen MR) is 68.0 cm³/mol. The average molecular weight is 240 g/mol. The van der Waals surface area contributed by atoms with Gasteiger partial charge in [-0.2, -0.15) is 0 Å². The van der Waals surface area contributed by atoms with Crippen LogP contribution in [0.2, 0.25) is 5.02 Å². The monoisotopic (exact) mass is 239 g/mol. The molecule has 1 fully saturated rings. The molecule has 0 bridgehead atoms. The van der Waals surface area contributed by atoms with Crippen molar-refractivity contribution in [2.24, 2.45) is 5.92 Å². The maximum Gasteiger partial charge on any atom is 0.0702 e. The van der Waals surface area contributed by atoms with E-state index in [9.17, 15) is 5.11 Å². The molecule has 2 unspecified atom stereocenters. The van der Waals surface area contributed by atoms with Crippen molar-refractivity contribution in [2.45, 2.75) is 32.9 Å². The van der Waals surface area contributed by atoms with Crippen molar-refractivity contribution in [3.63, 3.8) is 0 Å². The lowest BCUT2D eigenvalue weighted by atomic mass is 10.1. The van der Waals surface area contributed by atoms with Crippen LogP contribution in [0, 0.1) is 5.92 Å². The van der Waals surface area contributed by atoms with Gasteiger partial charge in [-0.15, -0.1) is 0 Å². The number of halogens is 1. The summed E-state index contributed by atoms with van der Waals surface area (Å²) in [5.74, 6) is 0.709. The van der Waals surface area contributed by atoms with Crippen molar-refractivity contribution in [2.75, 3.05) is 11.4 Å². The molecule has 1 N–H and O–H groups in total. The molecule has 2 rings (SSSR count). The van der Waals surface area contributed by atoms with Crippen molar-refractivity contribution in [1.29, 1.82) is 0 Å². The summed E-state index contributed by atoms with van der Waals surface area (Å²) in [5, 5.41) is 10.1. The molecule has 1 heterocycles. The lowest BCUT2D eigenvalue weighted by molar-refractivity contribution is 0.282. The van der Waals surface area contributed by atoms with Crippen LogP contribution in [0.5, 0.6) is 0 Å². The first-order valence-corrected chi connectivity index (χ1v) is 6.15. The smallest absolute Gasteiger partial charge is 0.0702 e. The molecule has 0 radical (unpaired) electrons. The minimum atomic E-state index is 0.0735. The molecule has 2 atom stereocenters. The Morgan fingerprint density at radius 2 is 2.19 bits per heavy atom. The van der Waals surface area contributed by atoms with Gasteiger partial charge in [-0.25, -0.2) is 0 Å². The highest BCUT2D eigenvalue weighted by Gasteiger charge is 2.27. The zero-order valence-electron chi connectivity index (χ0n) is 9.78. The summed E-state index contributed by atoms with van der Waals surface area (Å²) in [7, 11) is 0. The van der Waals surface area contributed by atoms with E-state index in [0.717, 1.165) is 22.8 Å². The van der Waals surface area contributed by atoms with Gasteiger partial charge in [0.15, 0.2) is 0 Å². The van der Waals surface area contributed by atoms with Gasteiger partial charge in [-0.1, -0.05) is 24.6 Å². The van der Waals surface area contributed by atoms with Crippen LogP contribution in [0.15, 0.2) is 18.2 Å². The van der Waals surface area contributed by atoms with Crippen molar-refractivity contribution in [3.05, 3.63) is 28.8 Å². The Kier molecular flexibility index (Phi) is 3.41. The van der Waals surface area contributed by atoms with Gasteiger partial charge >= 0.3 is 0 Å². The van der Waals surface area contributed by atoms with E-state index >= 15 is 0 Å². The van der Waals surface area contributed by atoms with E-state index in [1.807, 2.05) is 18.2 Å². The predicted octanol–water partition coefficient (Wildman–Crippen LogP) is 3.07. The van der Waals surface area contributed by atoms with E-state index < -0.39 is 0 Å². The minimum absolute atomic E-state index is 0.0735. The molecule has 2 nitrogen and oxygen atoms in total. The van der Waals surface area contributed by atoms with Crippen LogP contribution >= 0.6 is 11.6 Å². The van der Waals surface area contributed by atoms with Crippen LogP contribution in [-0.4, -0.2) is 17.7 Å². The zero-order valence-corrected chi connectivity index (χ0v) is 10.5. The first kappa shape index (κ1) is 11.7. The standard InChI is InChI=1S/C13H18ClNO/c1-9-5-10(2)15(7-9)13-6-12(14)4-3-11(13)8-16/h3-4,6,9-10,16H,5,7-8H2,1-2H3. The Morgan fingerprint density at radius 3 is 2.75 bits per heavy atom. The number of hydrogen-bond donors (Lipinski definition) is 1. The maximum absolute atomic E-state index is 9.35. The largest absolute Gasteiger partial charge is 0.392 e. The van der Waals surface area contributed by atoms with Gasteiger partial charge in [0.2, 0.25) is 0 Å². The van der Waals surface area contributed by atoms with E-state index in [2.05, 4.69) is 18.7 Å². The molecular weight excluding hydrogens is 222 g/mol. The van der Waals surface area contributed by atoms with Crippen LogP contribution < -0.4 is 4.90 Å². The number of aliphatic hydroxyl groups excluding tert-OH is 1. The number of nitrogens with zero attached hydrogens (tertiary/aromatic N) is 1. The molecule has 0 aromatic heterocycles. The van der Waals surface area contributed by atoms with E-state index in [1.165, 1.54) is 6.42 Å². The SMILES string of the molecule is CC1CC(C)N(c2cc(Cl)ccc2CO)C1. The lowest BCUT2D eigenvalue weighted by Crippen LogP contribution is -2.27. The molecule has 1 aliphatic heterocycles. The molecule has 1 aromatic carbocycles. The molecule has 0 spiro atoms. The van der Waals surface area contributed by atoms with Gasteiger partial charge < -0.3 is 10.0 Å². The second-order valence-electron chi connectivity index (χ2n) is 4.77. The fourth-order valence-electron chi connectivity index (χ4n) is 2.57. The summed E-state index contributed by atoms with van der Waals surface area (Å²) in [6.07, 6.45) is 1.21. The van der Waals surface area contributed by atoms with Crippen molar-refractivity contribution in [3.8, 4) is 0 Å². The third-order valence-corrected chi connectivity index (χ3v) is 3.55. The Hall–Kier alpha value is -0.730. The third-order valence-electron chi connectivity index (χ3n) is 3.31. The molecule has 0 saturated carbocycles. The number of hydrogen-bond acceptors (Lipinski definition) is 2. The average Bonchev–Trinajstić information content (AvgIpc) is 2.57. The second kappa shape index (κ2) is 4.64. The first-order valence-electron chi connectivity index (χ1n) is 5.77. The topological polar surface area (TPSA) is 23.5 Å². The molecule has 88 valence electrons. The highest BCUT2D eigenvalue weighted by molar-refractivity contribution is 6.30. The summed E-state index contributed by atoms with van der Waals surface area (Å²) in [6, 6.07) is 6.23. The molecule has 0 aliphatic carbocycles.